The lowest BCUT2D eigenvalue weighted by molar-refractivity contribution is -0.139. The molecule has 0 aliphatic heterocycles. The monoisotopic (exact) mass is 503 g/mol. The number of nitrogens with one attached hydrogen (secondary N) is 1. The van der Waals surface area contributed by atoms with Gasteiger partial charge in [0.05, 0.1) is 18.6 Å². The molecule has 0 aliphatic carbocycles. The number of sulfonamides is 1. The number of aryl methyl sites for hydroxylation is 1. The molecule has 0 saturated heterocycles. The van der Waals surface area contributed by atoms with E-state index in [1.54, 1.807) is 31.2 Å². The molecule has 0 aliphatic rings. The fourth-order valence-corrected chi connectivity index (χ4v) is 4.36. The standard InChI is InChI=1S/C26H37N3O5S/c1-7-20(4)27-26(31)21(5)28(17-22-12-10-9-11-19(22)3)25(30)18-29(35(6,32)33)23-13-15-24(16-14-23)34-8-2/h9-16,20-21H,7-8,17-18H2,1-6H3,(H,27,31). The van der Waals surface area contributed by atoms with Crippen molar-refractivity contribution in [3.05, 3.63) is 59.7 Å². The number of rotatable bonds is 12. The number of hydrogen-bond donors (Lipinski definition) is 1. The smallest absolute Gasteiger partial charge is 0.244 e. The third-order valence-electron chi connectivity index (χ3n) is 5.89. The molecule has 2 rings (SSSR count). The lowest BCUT2D eigenvalue weighted by Gasteiger charge is -2.32. The van der Waals surface area contributed by atoms with Gasteiger partial charge in [0, 0.05) is 12.6 Å². The highest BCUT2D eigenvalue weighted by Gasteiger charge is 2.30. The maximum atomic E-state index is 13.6. The SMILES string of the molecule is CCOc1ccc(N(CC(=O)N(Cc2ccccc2C)C(C)C(=O)NC(C)CC)S(C)(=O)=O)cc1. The van der Waals surface area contributed by atoms with Crippen LogP contribution in [0, 0.1) is 6.92 Å². The molecule has 0 aromatic heterocycles. The Hall–Kier alpha value is -3.07. The van der Waals surface area contributed by atoms with Crippen LogP contribution in [-0.2, 0) is 26.2 Å². The summed E-state index contributed by atoms with van der Waals surface area (Å²) in [6, 6.07) is 13.3. The number of carbonyl (C=O) groups excluding carboxylic acids is 2. The molecule has 35 heavy (non-hydrogen) atoms. The van der Waals surface area contributed by atoms with E-state index in [0.29, 0.717) is 18.0 Å². The molecule has 1 N–H and O–H groups in total. The number of ether oxygens (including phenoxy) is 1. The Labute approximate surface area is 209 Å². The zero-order chi connectivity index (χ0) is 26.2. The van der Waals surface area contributed by atoms with Crippen LogP contribution in [0.3, 0.4) is 0 Å². The van der Waals surface area contributed by atoms with Gasteiger partial charge >= 0.3 is 0 Å². The molecule has 0 heterocycles. The number of carbonyl (C=O) groups is 2. The van der Waals surface area contributed by atoms with Gasteiger partial charge in [-0.05, 0) is 69.5 Å². The fourth-order valence-electron chi connectivity index (χ4n) is 3.51. The maximum Gasteiger partial charge on any atom is 0.244 e. The van der Waals surface area contributed by atoms with Crippen LogP contribution in [0.15, 0.2) is 48.5 Å². The van der Waals surface area contributed by atoms with E-state index in [4.69, 9.17) is 4.74 Å². The first-order chi connectivity index (χ1) is 16.5. The summed E-state index contributed by atoms with van der Waals surface area (Å²) in [7, 11) is -3.78. The van der Waals surface area contributed by atoms with Gasteiger partial charge in [0.2, 0.25) is 21.8 Å². The Kier molecular flexibility index (Phi) is 10.1. The van der Waals surface area contributed by atoms with Gasteiger partial charge in [-0.2, -0.15) is 0 Å². The molecule has 2 atom stereocenters. The lowest BCUT2D eigenvalue weighted by atomic mass is 10.1. The number of anilines is 1. The molecule has 9 heteroatoms. The summed E-state index contributed by atoms with van der Waals surface area (Å²) in [5, 5.41) is 2.92. The molecule has 0 saturated carbocycles. The summed E-state index contributed by atoms with van der Waals surface area (Å²) in [4.78, 5) is 27.9. The quantitative estimate of drug-likeness (QED) is 0.478. The van der Waals surface area contributed by atoms with E-state index in [0.717, 1.165) is 28.1 Å². The molecule has 2 aromatic carbocycles. The second kappa shape index (κ2) is 12.6. The van der Waals surface area contributed by atoms with Crippen LogP contribution in [0.25, 0.3) is 0 Å². The van der Waals surface area contributed by atoms with Crippen molar-refractivity contribution in [1.29, 1.82) is 0 Å². The molecular formula is C26H37N3O5S. The van der Waals surface area contributed by atoms with Crippen molar-refractivity contribution in [2.75, 3.05) is 23.7 Å². The molecule has 0 spiro atoms. The van der Waals surface area contributed by atoms with E-state index in [2.05, 4.69) is 5.32 Å². The van der Waals surface area contributed by atoms with Crippen molar-refractivity contribution in [2.24, 2.45) is 0 Å². The van der Waals surface area contributed by atoms with Gasteiger partial charge < -0.3 is 15.0 Å². The van der Waals surface area contributed by atoms with Crippen molar-refractivity contribution in [1.82, 2.24) is 10.2 Å². The van der Waals surface area contributed by atoms with Crippen LogP contribution in [-0.4, -0.2) is 56.6 Å². The zero-order valence-electron chi connectivity index (χ0n) is 21.4. The second-order valence-electron chi connectivity index (χ2n) is 8.64. The zero-order valence-corrected chi connectivity index (χ0v) is 22.3. The van der Waals surface area contributed by atoms with E-state index in [1.165, 1.54) is 4.90 Å². The van der Waals surface area contributed by atoms with Crippen molar-refractivity contribution in [2.45, 2.75) is 59.7 Å². The average Bonchev–Trinajstić information content (AvgIpc) is 2.81. The van der Waals surface area contributed by atoms with Crippen LogP contribution in [0.4, 0.5) is 5.69 Å². The van der Waals surface area contributed by atoms with E-state index >= 15 is 0 Å². The van der Waals surface area contributed by atoms with Crippen LogP contribution in [0.5, 0.6) is 5.75 Å². The molecule has 2 aromatic rings. The lowest BCUT2D eigenvalue weighted by Crippen LogP contribution is -2.52. The largest absolute Gasteiger partial charge is 0.494 e. The number of amides is 2. The predicted octanol–water partition coefficient (Wildman–Crippen LogP) is 3.49. The molecule has 0 radical (unpaired) electrons. The average molecular weight is 504 g/mol. The van der Waals surface area contributed by atoms with E-state index < -0.39 is 28.5 Å². The number of hydrogen-bond acceptors (Lipinski definition) is 5. The second-order valence-corrected chi connectivity index (χ2v) is 10.5. The highest BCUT2D eigenvalue weighted by molar-refractivity contribution is 7.92. The van der Waals surface area contributed by atoms with Gasteiger partial charge in [0.25, 0.3) is 0 Å². The third kappa shape index (κ3) is 7.99. The van der Waals surface area contributed by atoms with Crippen molar-refractivity contribution in [3.8, 4) is 5.75 Å². The first-order valence-corrected chi connectivity index (χ1v) is 13.7. The minimum Gasteiger partial charge on any atom is -0.494 e. The van der Waals surface area contributed by atoms with Crippen molar-refractivity contribution < 1.29 is 22.7 Å². The first-order valence-electron chi connectivity index (χ1n) is 11.8. The van der Waals surface area contributed by atoms with Crippen LogP contribution < -0.4 is 14.4 Å². The fraction of sp³-hybridized carbons (Fsp3) is 0.462. The molecule has 8 nitrogen and oxygen atoms in total. The Morgan fingerprint density at radius 2 is 1.66 bits per heavy atom. The molecule has 0 bridgehead atoms. The Balaban J connectivity index is 2.38. The van der Waals surface area contributed by atoms with Crippen LogP contribution in [0.1, 0.15) is 45.2 Å². The highest BCUT2D eigenvalue weighted by Crippen LogP contribution is 2.23. The van der Waals surface area contributed by atoms with Crippen molar-refractivity contribution in [3.63, 3.8) is 0 Å². The van der Waals surface area contributed by atoms with Gasteiger partial charge in [-0.25, -0.2) is 8.42 Å². The van der Waals surface area contributed by atoms with E-state index in [9.17, 15) is 18.0 Å². The molecule has 2 amide bonds. The summed E-state index contributed by atoms with van der Waals surface area (Å²) in [5.41, 5.74) is 2.21. The summed E-state index contributed by atoms with van der Waals surface area (Å²) < 4.78 is 31.8. The molecular weight excluding hydrogens is 466 g/mol. The summed E-state index contributed by atoms with van der Waals surface area (Å²) in [6.45, 7) is 9.55. The molecule has 192 valence electrons. The topological polar surface area (TPSA) is 96.0 Å². The van der Waals surface area contributed by atoms with Gasteiger partial charge in [-0.1, -0.05) is 31.2 Å². The predicted molar refractivity (Wildman–Crippen MR) is 139 cm³/mol. The van der Waals surface area contributed by atoms with Gasteiger partial charge in [0.1, 0.15) is 18.3 Å². The van der Waals surface area contributed by atoms with E-state index in [1.807, 2.05) is 52.0 Å². The Morgan fingerprint density at radius 3 is 2.20 bits per heavy atom. The third-order valence-corrected chi connectivity index (χ3v) is 7.03. The van der Waals surface area contributed by atoms with Gasteiger partial charge in [0.15, 0.2) is 0 Å². The van der Waals surface area contributed by atoms with Gasteiger partial charge in [-0.15, -0.1) is 0 Å². The van der Waals surface area contributed by atoms with Crippen molar-refractivity contribution >= 4 is 27.5 Å². The number of nitrogens with zero attached hydrogens (tertiary/aromatic N) is 2. The maximum absolute atomic E-state index is 13.6. The van der Waals surface area contributed by atoms with Gasteiger partial charge in [-0.3, -0.25) is 13.9 Å². The highest BCUT2D eigenvalue weighted by atomic mass is 32.2. The Morgan fingerprint density at radius 1 is 1.03 bits per heavy atom. The minimum absolute atomic E-state index is 0.0447. The molecule has 2 unspecified atom stereocenters. The normalized spacial score (nSPS) is 13.0. The van der Waals surface area contributed by atoms with E-state index in [-0.39, 0.29) is 18.5 Å². The first kappa shape index (κ1) is 28.2. The van der Waals surface area contributed by atoms with Crippen LogP contribution >= 0.6 is 0 Å². The van der Waals surface area contributed by atoms with Crippen LogP contribution in [0.2, 0.25) is 0 Å². The summed E-state index contributed by atoms with van der Waals surface area (Å²) >= 11 is 0. The number of benzene rings is 2. The minimum atomic E-state index is -3.78. The summed E-state index contributed by atoms with van der Waals surface area (Å²) in [5.74, 6) is -0.153. The summed E-state index contributed by atoms with van der Waals surface area (Å²) in [6.07, 6.45) is 1.81. The molecule has 0 fully saturated rings. The Bertz CT molecular complexity index is 1100.